The van der Waals surface area contributed by atoms with Gasteiger partial charge in [-0.3, -0.25) is 4.90 Å². The summed E-state index contributed by atoms with van der Waals surface area (Å²) in [4.78, 5) is 9.87. The molecule has 1 aliphatic rings. The predicted octanol–water partition coefficient (Wildman–Crippen LogP) is 0.892. The van der Waals surface area contributed by atoms with Gasteiger partial charge in [0.2, 0.25) is 0 Å². The first-order valence-electron chi connectivity index (χ1n) is 5.20. The fourth-order valence-electron chi connectivity index (χ4n) is 2.22. The van der Waals surface area contributed by atoms with Crippen molar-refractivity contribution in [3.05, 3.63) is 18.2 Å². The van der Waals surface area contributed by atoms with Crippen molar-refractivity contribution in [2.45, 2.75) is 38.4 Å². The Balaban J connectivity index is 2.22. The van der Waals surface area contributed by atoms with Gasteiger partial charge in [0.1, 0.15) is 5.82 Å². The maximum Gasteiger partial charge on any atom is 0.125 e. The van der Waals surface area contributed by atoms with E-state index in [-0.39, 0.29) is 12.1 Å². The molecular formula is C10H18N4. The van der Waals surface area contributed by atoms with Gasteiger partial charge in [-0.2, -0.15) is 0 Å². The maximum absolute atomic E-state index is 6.10. The molecule has 0 amide bonds. The van der Waals surface area contributed by atoms with Gasteiger partial charge in [-0.05, 0) is 20.3 Å². The molecule has 3 N–H and O–H groups in total. The predicted molar refractivity (Wildman–Crippen MR) is 55.8 cm³/mol. The van der Waals surface area contributed by atoms with Crippen molar-refractivity contribution < 1.29 is 0 Å². The standard InChI is InChI=1S/C10H18N4/c1-7(2)14-6-3-8(11)9(14)10-12-4-5-13-10/h4-5,7-9H,3,6,11H2,1-2H3,(H,12,13). The molecule has 4 heteroatoms. The van der Waals surface area contributed by atoms with E-state index >= 15 is 0 Å². The molecule has 2 heterocycles. The highest BCUT2D eigenvalue weighted by atomic mass is 15.2. The number of rotatable bonds is 2. The summed E-state index contributed by atoms with van der Waals surface area (Å²) in [5.41, 5.74) is 6.10. The monoisotopic (exact) mass is 194 g/mol. The average Bonchev–Trinajstić information content (AvgIpc) is 2.71. The molecule has 2 unspecified atom stereocenters. The number of H-pyrrole nitrogens is 1. The van der Waals surface area contributed by atoms with Crippen molar-refractivity contribution in [2.24, 2.45) is 5.73 Å². The van der Waals surface area contributed by atoms with Crippen molar-refractivity contribution in [2.75, 3.05) is 6.54 Å². The Morgan fingerprint density at radius 1 is 1.64 bits per heavy atom. The lowest BCUT2D eigenvalue weighted by Crippen LogP contribution is -2.36. The number of hydrogen-bond acceptors (Lipinski definition) is 3. The van der Waals surface area contributed by atoms with Crippen LogP contribution in [0, 0.1) is 0 Å². The minimum Gasteiger partial charge on any atom is -0.347 e. The topological polar surface area (TPSA) is 57.9 Å². The molecule has 0 radical (unpaired) electrons. The van der Waals surface area contributed by atoms with Crippen LogP contribution in [-0.4, -0.2) is 33.5 Å². The molecule has 2 atom stereocenters. The van der Waals surface area contributed by atoms with Crippen LogP contribution >= 0.6 is 0 Å². The smallest absolute Gasteiger partial charge is 0.125 e. The zero-order valence-electron chi connectivity index (χ0n) is 8.77. The molecule has 0 aromatic carbocycles. The van der Waals surface area contributed by atoms with Gasteiger partial charge in [0.25, 0.3) is 0 Å². The second kappa shape index (κ2) is 3.71. The van der Waals surface area contributed by atoms with E-state index in [2.05, 4.69) is 28.7 Å². The van der Waals surface area contributed by atoms with Gasteiger partial charge in [-0.1, -0.05) is 0 Å². The van der Waals surface area contributed by atoms with E-state index in [9.17, 15) is 0 Å². The molecule has 0 aliphatic carbocycles. The molecule has 1 aromatic heterocycles. The van der Waals surface area contributed by atoms with E-state index in [1.54, 1.807) is 6.20 Å². The normalized spacial score (nSPS) is 28.9. The van der Waals surface area contributed by atoms with Crippen LogP contribution in [0.3, 0.4) is 0 Å². The van der Waals surface area contributed by atoms with Gasteiger partial charge < -0.3 is 10.7 Å². The summed E-state index contributed by atoms with van der Waals surface area (Å²) >= 11 is 0. The lowest BCUT2D eigenvalue weighted by atomic mass is 10.1. The first kappa shape index (κ1) is 9.68. The quantitative estimate of drug-likeness (QED) is 0.735. The number of aromatic amines is 1. The third kappa shape index (κ3) is 1.55. The molecular weight excluding hydrogens is 176 g/mol. The summed E-state index contributed by atoms with van der Waals surface area (Å²) < 4.78 is 0. The summed E-state index contributed by atoms with van der Waals surface area (Å²) in [6, 6.07) is 1.01. The van der Waals surface area contributed by atoms with Gasteiger partial charge in [0.15, 0.2) is 0 Å². The molecule has 1 fully saturated rings. The summed E-state index contributed by atoms with van der Waals surface area (Å²) in [5.74, 6) is 1.00. The minimum atomic E-state index is 0.212. The van der Waals surface area contributed by atoms with Gasteiger partial charge in [-0.25, -0.2) is 4.98 Å². The minimum absolute atomic E-state index is 0.212. The Morgan fingerprint density at radius 2 is 2.43 bits per heavy atom. The molecule has 4 nitrogen and oxygen atoms in total. The summed E-state index contributed by atoms with van der Waals surface area (Å²) in [6.45, 7) is 5.48. The van der Waals surface area contributed by atoms with E-state index in [4.69, 9.17) is 5.73 Å². The Hall–Kier alpha value is -0.870. The number of imidazole rings is 1. The van der Waals surface area contributed by atoms with Gasteiger partial charge >= 0.3 is 0 Å². The first-order valence-corrected chi connectivity index (χ1v) is 5.20. The van der Waals surface area contributed by atoms with Crippen LogP contribution < -0.4 is 5.73 Å². The highest BCUT2D eigenvalue weighted by Crippen LogP contribution is 2.30. The zero-order valence-corrected chi connectivity index (χ0v) is 8.77. The largest absolute Gasteiger partial charge is 0.347 e. The number of nitrogens with two attached hydrogens (primary N) is 1. The Kier molecular flexibility index (Phi) is 2.56. The van der Waals surface area contributed by atoms with Crippen LogP contribution in [0.1, 0.15) is 32.1 Å². The van der Waals surface area contributed by atoms with E-state index in [1.165, 1.54) is 0 Å². The fourth-order valence-corrected chi connectivity index (χ4v) is 2.22. The van der Waals surface area contributed by atoms with Crippen LogP contribution in [0.5, 0.6) is 0 Å². The summed E-state index contributed by atoms with van der Waals surface area (Å²) in [5, 5.41) is 0. The van der Waals surface area contributed by atoms with Gasteiger partial charge in [-0.15, -0.1) is 0 Å². The summed E-state index contributed by atoms with van der Waals surface area (Å²) in [7, 11) is 0. The van der Waals surface area contributed by atoms with Crippen LogP contribution in [-0.2, 0) is 0 Å². The third-order valence-corrected chi connectivity index (χ3v) is 2.95. The number of aromatic nitrogens is 2. The van der Waals surface area contributed by atoms with Crippen molar-refractivity contribution in [1.82, 2.24) is 14.9 Å². The second-order valence-corrected chi connectivity index (χ2v) is 4.20. The molecule has 78 valence electrons. The Labute approximate surface area is 84.5 Å². The highest BCUT2D eigenvalue weighted by molar-refractivity contribution is 5.05. The zero-order chi connectivity index (χ0) is 10.1. The van der Waals surface area contributed by atoms with Gasteiger partial charge in [0.05, 0.1) is 6.04 Å². The van der Waals surface area contributed by atoms with E-state index in [0.29, 0.717) is 6.04 Å². The third-order valence-electron chi connectivity index (χ3n) is 2.95. The SMILES string of the molecule is CC(C)N1CCC(N)C1c1ncc[nH]1. The van der Waals surface area contributed by atoms with Crippen molar-refractivity contribution in [1.29, 1.82) is 0 Å². The number of likely N-dealkylation sites (tertiary alicyclic amines) is 1. The van der Waals surface area contributed by atoms with E-state index in [1.807, 2.05) is 6.20 Å². The maximum atomic E-state index is 6.10. The van der Waals surface area contributed by atoms with E-state index in [0.717, 1.165) is 18.8 Å². The molecule has 0 saturated carbocycles. The lowest BCUT2D eigenvalue weighted by molar-refractivity contribution is 0.192. The molecule has 1 aromatic rings. The van der Waals surface area contributed by atoms with E-state index < -0.39 is 0 Å². The first-order chi connectivity index (χ1) is 6.70. The second-order valence-electron chi connectivity index (χ2n) is 4.20. The highest BCUT2D eigenvalue weighted by Gasteiger charge is 2.35. The number of hydrogen-bond donors (Lipinski definition) is 2. The molecule has 2 rings (SSSR count). The van der Waals surface area contributed by atoms with Crippen molar-refractivity contribution in [3.8, 4) is 0 Å². The van der Waals surface area contributed by atoms with Crippen molar-refractivity contribution >= 4 is 0 Å². The number of nitrogens with zero attached hydrogens (tertiary/aromatic N) is 2. The van der Waals surface area contributed by atoms with Crippen LogP contribution in [0.2, 0.25) is 0 Å². The molecule has 0 spiro atoms. The molecule has 1 saturated heterocycles. The molecule has 14 heavy (non-hydrogen) atoms. The van der Waals surface area contributed by atoms with Crippen LogP contribution in [0.4, 0.5) is 0 Å². The summed E-state index contributed by atoms with van der Waals surface area (Å²) in [6.07, 6.45) is 4.71. The number of nitrogens with one attached hydrogen (secondary N) is 1. The Morgan fingerprint density at radius 3 is 3.00 bits per heavy atom. The average molecular weight is 194 g/mol. The lowest BCUT2D eigenvalue weighted by Gasteiger charge is -2.28. The van der Waals surface area contributed by atoms with Gasteiger partial charge in [0, 0.05) is 31.0 Å². The van der Waals surface area contributed by atoms with Crippen LogP contribution in [0.15, 0.2) is 12.4 Å². The van der Waals surface area contributed by atoms with Crippen molar-refractivity contribution in [3.63, 3.8) is 0 Å². The Bertz CT molecular complexity index is 280. The molecule has 1 aliphatic heterocycles. The fraction of sp³-hybridized carbons (Fsp3) is 0.700. The molecule has 0 bridgehead atoms. The van der Waals surface area contributed by atoms with Crippen LogP contribution in [0.25, 0.3) is 0 Å².